The van der Waals surface area contributed by atoms with Crippen molar-refractivity contribution >= 4 is 5.97 Å². The van der Waals surface area contributed by atoms with Crippen LogP contribution in [0.25, 0.3) is 0 Å². The fourth-order valence-electron chi connectivity index (χ4n) is 2.11. The average Bonchev–Trinajstić information content (AvgIpc) is 2.81. The number of rotatable bonds is 4. The van der Waals surface area contributed by atoms with Crippen molar-refractivity contribution < 1.29 is 13.9 Å². The minimum absolute atomic E-state index is 0.0942. The third-order valence-corrected chi connectivity index (χ3v) is 3.01. The first-order valence-corrected chi connectivity index (χ1v) is 6.06. The number of hydrogen-bond acceptors (Lipinski definition) is 3. The van der Waals surface area contributed by atoms with Gasteiger partial charge in [0.25, 0.3) is 0 Å². The van der Waals surface area contributed by atoms with E-state index >= 15 is 0 Å². The quantitative estimate of drug-likeness (QED) is 0.735. The summed E-state index contributed by atoms with van der Waals surface area (Å²) in [4.78, 5) is 11.5. The number of hydrogen-bond donors (Lipinski definition) is 0. The molecule has 1 fully saturated rings. The Hall–Kier alpha value is -1.25. The minimum atomic E-state index is -0.0942. The van der Waals surface area contributed by atoms with Gasteiger partial charge in [0.15, 0.2) is 0 Å². The summed E-state index contributed by atoms with van der Waals surface area (Å²) < 4.78 is 10.6. The monoisotopic (exact) mass is 222 g/mol. The van der Waals surface area contributed by atoms with E-state index in [9.17, 15) is 4.79 Å². The van der Waals surface area contributed by atoms with Crippen molar-refractivity contribution in [3.63, 3.8) is 0 Å². The molecule has 88 valence electrons. The van der Waals surface area contributed by atoms with E-state index in [1.54, 1.807) is 6.26 Å². The molecule has 3 heteroatoms. The summed E-state index contributed by atoms with van der Waals surface area (Å²) in [5.74, 6) is 0.754. The SMILES string of the molecule is O=C(CCc1ccco1)OC1CCCCC1. The van der Waals surface area contributed by atoms with Gasteiger partial charge in [0.05, 0.1) is 12.7 Å². The van der Waals surface area contributed by atoms with E-state index in [-0.39, 0.29) is 12.1 Å². The topological polar surface area (TPSA) is 39.4 Å². The second kappa shape index (κ2) is 5.73. The van der Waals surface area contributed by atoms with Crippen LogP contribution in [0.5, 0.6) is 0 Å². The highest BCUT2D eigenvalue weighted by Gasteiger charge is 2.17. The zero-order valence-electron chi connectivity index (χ0n) is 9.48. The van der Waals surface area contributed by atoms with E-state index in [1.807, 2.05) is 12.1 Å². The van der Waals surface area contributed by atoms with E-state index in [0.717, 1.165) is 18.6 Å². The van der Waals surface area contributed by atoms with Crippen molar-refractivity contribution in [3.8, 4) is 0 Å². The molecule has 0 aromatic carbocycles. The predicted molar refractivity (Wildman–Crippen MR) is 60.0 cm³/mol. The van der Waals surface area contributed by atoms with Crippen LogP contribution in [0.1, 0.15) is 44.3 Å². The van der Waals surface area contributed by atoms with Crippen molar-refractivity contribution in [2.45, 2.75) is 51.0 Å². The molecule has 1 aliphatic rings. The van der Waals surface area contributed by atoms with E-state index < -0.39 is 0 Å². The first-order valence-electron chi connectivity index (χ1n) is 6.06. The van der Waals surface area contributed by atoms with Crippen LogP contribution in [0.4, 0.5) is 0 Å². The molecule has 1 aromatic rings. The first-order chi connectivity index (χ1) is 7.84. The second-order valence-corrected chi connectivity index (χ2v) is 4.33. The lowest BCUT2D eigenvalue weighted by Gasteiger charge is -2.21. The number of ether oxygens (including phenoxy) is 1. The van der Waals surface area contributed by atoms with Gasteiger partial charge < -0.3 is 9.15 Å². The lowest BCUT2D eigenvalue weighted by Crippen LogP contribution is -2.21. The third-order valence-electron chi connectivity index (χ3n) is 3.01. The molecule has 1 heterocycles. The number of carbonyl (C=O) groups excluding carboxylic acids is 1. The van der Waals surface area contributed by atoms with E-state index in [4.69, 9.17) is 9.15 Å². The molecule has 0 bridgehead atoms. The summed E-state index contributed by atoms with van der Waals surface area (Å²) in [7, 11) is 0. The van der Waals surface area contributed by atoms with Crippen LogP contribution in [0.2, 0.25) is 0 Å². The van der Waals surface area contributed by atoms with Gasteiger partial charge in [-0.25, -0.2) is 0 Å². The van der Waals surface area contributed by atoms with Crippen LogP contribution in [-0.4, -0.2) is 12.1 Å². The van der Waals surface area contributed by atoms with Crippen molar-refractivity contribution in [1.82, 2.24) is 0 Å². The maximum atomic E-state index is 11.5. The summed E-state index contributed by atoms with van der Waals surface area (Å²) >= 11 is 0. The summed E-state index contributed by atoms with van der Waals surface area (Å²) in [6.45, 7) is 0. The Morgan fingerprint density at radius 2 is 2.19 bits per heavy atom. The van der Waals surface area contributed by atoms with Crippen molar-refractivity contribution in [2.24, 2.45) is 0 Å². The molecular weight excluding hydrogens is 204 g/mol. The summed E-state index contributed by atoms with van der Waals surface area (Å²) in [5.41, 5.74) is 0. The standard InChI is InChI=1S/C13H18O3/c14-13(9-8-11-7-4-10-15-11)16-12-5-2-1-3-6-12/h4,7,10,12H,1-3,5-6,8-9H2. The number of furan rings is 1. The maximum Gasteiger partial charge on any atom is 0.306 e. The molecule has 0 N–H and O–H groups in total. The molecule has 1 saturated carbocycles. The van der Waals surface area contributed by atoms with Gasteiger partial charge in [0.2, 0.25) is 0 Å². The smallest absolute Gasteiger partial charge is 0.306 e. The highest BCUT2D eigenvalue weighted by Crippen LogP contribution is 2.20. The minimum Gasteiger partial charge on any atom is -0.469 e. The Morgan fingerprint density at radius 1 is 1.38 bits per heavy atom. The van der Waals surface area contributed by atoms with Crippen LogP contribution in [0.15, 0.2) is 22.8 Å². The highest BCUT2D eigenvalue weighted by atomic mass is 16.5. The van der Waals surface area contributed by atoms with Gasteiger partial charge in [-0.2, -0.15) is 0 Å². The molecule has 0 aliphatic heterocycles. The van der Waals surface area contributed by atoms with Crippen molar-refractivity contribution in [2.75, 3.05) is 0 Å². The molecule has 0 saturated heterocycles. The van der Waals surface area contributed by atoms with Gasteiger partial charge in [-0.05, 0) is 37.8 Å². The van der Waals surface area contributed by atoms with Gasteiger partial charge >= 0.3 is 5.97 Å². The van der Waals surface area contributed by atoms with E-state index in [0.29, 0.717) is 12.8 Å². The fourth-order valence-corrected chi connectivity index (χ4v) is 2.11. The van der Waals surface area contributed by atoms with Gasteiger partial charge in [-0.15, -0.1) is 0 Å². The Morgan fingerprint density at radius 3 is 2.88 bits per heavy atom. The summed E-state index contributed by atoms with van der Waals surface area (Å²) in [5, 5.41) is 0. The molecule has 16 heavy (non-hydrogen) atoms. The highest BCUT2D eigenvalue weighted by molar-refractivity contribution is 5.69. The van der Waals surface area contributed by atoms with Crippen LogP contribution < -0.4 is 0 Å². The lowest BCUT2D eigenvalue weighted by molar-refractivity contribution is -0.150. The molecule has 0 amide bonds. The fraction of sp³-hybridized carbons (Fsp3) is 0.615. The lowest BCUT2D eigenvalue weighted by atomic mass is 9.98. The molecule has 1 aliphatic carbocycles. The average molecular weight is 222 g/mol. The third kappa shape index (κ3) is 3.40. The van der Waals surface area contributed by atoms with Gasteiger partial charge in [-0.1, -0.05) is 6.42 Å². The molecule has 2 rings (SSSR count). The Labute approximate surface area is 95.8 Å². The van der Waals surface area contributed by atoms with E-state index in [1.165, 1.54) is 19.3 Å². The van der Waals surface area contributed by atoms with Crippen molar-refractivity contribution in [1.29, 1.82) is 0 Å². The molecule has 0 spiro atoms. The maximum absolute atomic E-state index is 11.5. The summed E-state index contributed by atoms with van der Waals surface area (Å²) in [6.07, 6.45) is 8.58. The Bertz CT molecular complexity index is 310. The van der Waals surface area contributed by atoms with E-state index in [2.05, 4.69) is 0 Å². The van der Waals surface area contributed by atoms with Crippen molar-refractivity contribution in [3.05, 3.63) is 24.2 Å². The number of esters is 1. The molecular formula is C13H18O3. The largest absolute Gasteiger partial charge is 0.469 e. The van der Waals surface area contributed by atoms with Crippen LogP contribution >= 0.6 is 0 Å². The van der Waals surface area contributed by atoms with Gasteiger partial charge in [-0.3, -0.25) is 4.79 Å². The van der Waals surface area contributed by atoms with Crippen LogP contribution in [-0.2, 0) is 16.0 Å². The number of aryl methyl sites for hydroxylation is 1. The normalized spacial score (nSPS) is 17.2. The molecule has 0 radical (unpaired) electrons. The van der Waals surface area contributed by atoms with Crippen LogP contribution in [0.3, 0.4) is 0 Å². The van der Waals surface area contributed by atoms with Gasteiger partial charge in [0.1, 0.15) is 11.9 Å². The Kier molecular flexibility index (Phi) is 4.03. The number of carbonyl (C=O) groups is 1. The summed E-state index contributed by atoms with van der Waals surface area (Å²) in [6, 6.07) is 3.72. The molecule has 0 atom stereocenters. The zero-order chi connectivity index (χ0) is 11.2. The zero-order valence-corrected chi connectivity index (χ0v) is 9.48. The molecule has 1 aromatic heterocycles. The second-order valence-electron chi connectivity index (χ2n) is 4.33. The van der Waals surface area contributed by atoms with Crippen LogP contribution in [0, 0.1) is 0 Å². The molecule has 0 unspecified atom stereocenters. The Balaban J connectivity index is 1.67. The first kappa shape index (κ1) is 11.2. The van der Waals surface area contributed by atoms with Gasteiger partial charge in [0, 0.05) is 6.42 Å². The molecule has 3 nitrogen and oxygen atoms in total. The predicted octanol–water partition coefficient (Wildman–Crippen LogP) is 3.09.